The SMILES string of the molecule is C=C(C)/C(=C\c1cc(C)cc(C)c1C)CN(CCC)/C(=C/C)Nc1cccc(O)c1. The van der Waals surface area contributed by atoms with E-state index in [1.54, 1.807) is 12.1 Å². The quantitative estimate of drug-likeness (QED) is 0.443. The Kier molecular flexibility index (Phi) is 8.35. The molecule has 3 nitrogen and oxygen atoms in total. The molecule has 2 aromatic rings. The topological polar surface area (TPSA) is 35.5 Å². The summed E-state index contributed by atoms with van der Waals surface area (Å²) < 4.78 is 0. The third-order valence-electron chi connectivity index (χ3n) is 5.32. The van der Waals surface area contributed by atoms with E-state index in [2.05, 4.69) is 75.7 Å². The molecule has 0 fully saturated rings. The number of aryl methyl sites for hydroxylation is 2. The third kappa shape index (κ3) is 6.28. The van der Waals surface area contributed by atoms with Gasteiger partial charge in [-0.25, -0.2) is 0 Å². The monoisotopic (exact) mass is 404 g/mol. The fourth-order valence-corrected chi connectivity index (χ4v) is 3.54. The van der Waals surface area contributed by atoms with Gasteiger partial charge in [0.2, 0.25) is 0 Å². The highest BCUT2D eigenvalue weighted by molar-refractivity contribution is 5.63. The average Bonchev–Trinajstić information content (AvgIpc) is 2.68. The molecule has 0 spiro atoms. The zero-order chi connectivity index (χ0) is 22.3. The summed E-state index contributed by atoms with van der Waals surface area (Å²) in [5, 5.41) is 13.3. The van der Waals surface area contributed by atoms with Crippen molar-refractivity contribution in [1.29, 1.82) is 0 Å². The minimum absolute atomic E-state index is 0.255. The second kappa shape index (κ2) is 10.7. The van der Waals surface area contributed by atoms with Crippen molar-refractivity contribution >= 4 is 11.8 Å². The standard InChI is InChI=1S/C27H36N2O/c1-8-13-29(27(9-2)28-25-11-10-12-26(30)17-25)18-24(19(3)4)16-23-15-20(5)14-21(6)22(23)7/h9-12,14-17,28,30H,3,8,13,18H2,1-2,4-7H3/b24-16-,27-9+. The van der Waals surface area contributed by atoms with Crippen LogP contribution < -0.4 is 5.32 Å². The lowest BCUT2D eigenvalue weighted by molar-refractivity contribution is 0.377. The molecule has 30 heavy (non-hydrogen) atoms. The molecule has 2 rings (SSSR count). The van der Waals surface area contributed by atoms with Gasteiger partial charge in [0.15, 0.2) is 0 Å². The molecule has 0 unspecified atom stereocenters. The maximum absolute atomic E-state index is 9.80. The van der Waals surface area contributed by atoms with Crippen molar-refractivity contribution < 1.29 is 5.11 Å². The first-order chi connectivity index (χ1) is 14.2. The fraction of sp³-hybridized carbons (Fsp3) is 0.333. The number of nitrogens with zero attached hydrogens (tertiary/aromatic N) is 1. The maximum atomic E-state index is 9.80. The van der Waals surface area contributed by atoms with Crippen LogP contribution in [0.2, 0.25) is 0 Å². The number of allylic oxidation sites excluding steroid dienone is 1. The highest BCUT2D eigenvalue weighted by Crippen LogP contribution is 2.24. The summed E-state index contributed by atoms with van der Waals surface area (Å²) in [5.74, 6) is 1.28. The number of phenols is 1. The van der Waals surface area contributed by atoms with Gasteiger partial charge in [-0.05, 0) is 87.6 Å². The van der Waals surface area contributed by atoms with E-state index >= 15 is 0 Å². The summed E-state index contributed by atoms with van der Waals surface area (Å²) in [6, 6.07) is 11.7. The zero-order valence-corrected chi connectivity index (χ0v) is 19.3. The molecule has 0 aliphatic heterocycles. The first-order valence-electron chi connectivity index (χ1n) is 10.7. The number of phenolic OH excluding ortho intramolecular Hbond substituents is 1. The van der Waals surface area contributed by atoms with Gasteiger partial charge in [-0.3, -0.25) is 0 Å². The highest BCUT2D eigenvalue weighted by atomic mass is 16.3. The minimum Gasteiger partial charge on any atom is -0.508 e. The molecular formula is C27H36N2O. The van der Waals surface area contributed by atoms with Gasteiger partial charge in [-0.1, -0.05) is 42.8 Å². The van der Waals surface area contributed by atoms with E-state index in [0.717, 1.165) is 36.6 Å². The van der Waals surface area contributed by atoms with Crippen LogP contribution in [0.3, 0.4) is 0 Å². The molecule has 0 heterocycles. The van der Waals surface area contributed by atoms with Crippen LogP contribution in [0.5, 0.6) is 5.75 Å². The van der Waals surface area contributed by atoms with Crippen molar-refractivity contribution in [3.8, 4) is 5.75 Å². The van der Waals surface area contributed by atoms with Crippen LogP contribution in [-0.2, 0) is 0 Å². The van der Waals surface area contributed by atoms with Crippen LogP contribution in [-0.4, -0.2) is 23.1 Å². The Balaban J connectivity index is 2.36. The number of hydrogen-bond donors (Lipinski definition) is 2. The van der Waals surface area contributed by atoms with E-state index in [1.807, 2.05) is 19.1 Å². The van der Waals surface area contributed by atoms with Gasteiger partial charge in [-0.15, -0.1) is 0 Å². The van der Waals surface area contributed by atoms with Crippen molar-refractivity contribution in [2.24, 2.45) is 0 Å². The van der Waals surface area contributed by atoms with E-state index in [1.165, 1.54) is 27.8 Å². The number of hydrogen-bond acceptors (Lipinski definition) is 3. The molecule has 0 saturated heterocycles. The Morgan fingerprint density at radius 1 is 1.17 bits per heavy atom. The second-order valence-electron chi connectivity index (χ2n) is 8.02. The van der Waals surface area contributed by atoms with E-state index in [9.17, 15) is 5.11 Å². The van der Waals surface area contributed by atoms with Gasteiger partial charge >= 0.3 is 0 Å². The molecule has 0 atom stereocenters. The summed E-state index contributed by atoms with van der Waals surface area (Å²) in [5.41, 5.74) is 8.31. The number of anilines is 1. The van der Waals surface area contributed by atoms with Gasteiger partial charge < -0.3 is 15.3 Å². The fourth-order valence-electron chi connectivity index (χ4n) is 3.54. The second-order valence-corrected chi connectivity index (χ2v) is 8.02. The summed E-state index contributed by atoms with van der Waals surface area (Å²) in [4.78, 5) is 2.34. The number of rotatable bonds is 9. The number of benzene rings is 2. The van der Waals surface area contributed by atoms with E-state index < -0.39 is 0 Å². The Morgan fingerprint density at radius 2 is 1.90 bits per heavy atom. The molecule has 0 radical (unpaired) electrons. The van der Waals surface area contributed by atoms with Crippen LogP contribution in [0, 0.1) is 20.8 Å². The average molecular weight is 405 g/mol. The van der Waals surface area contributed by atoms with Crippen LogP contribution in [0.4, 0.5) is 5.69 Å². The Labute approximate surface area is 182 Å². The van der Waals surface area contributed by atoms with E-state index in [0.29, 0.717) is 0 Å². The first-order valence-corrected chi connectivity index (χ1v) is 10.7. The lowest BCUT2D eigenvalue weighted by atomic mass is 9.96. The van der Waals surface area contributed by atoms with Gasteiger partial charge in [0, 0.05) is 24.8 Å². The van der Waals surface area contributed by atoms with Gasteiger partial charge in [0.1, 0.15) is 11.6 Å². The van der Waals surface area contributed by atoms with Crippen molar-refractivity contribution in [3.05, 3.63) is 88.3 Å². The van der Waals surface area contributed by atoms with Gasteiger partial charge in [0.25, 0.3) is 0 Å². The van der Waals surface area contributed by atoms with Crippen molar-refractivity contribution in [2.75, 3.05) is 18.4 Å². The predicted octanol–water partition coefficient (Wildman–Crippen LogP) is 6.96. The predicted molar refractivity (Wildman–Crippen MR) is 131 cm³/mol. The summed E-state index contributed by atoms with van der Waals surface area (Å²) in [7, 11) is 0. The lowest BCUT2D eigenvalue weighted by Gasteiger charge is -2.29. The van der Waals surface area contributed by atoms with Crippen LogP contribution >= 0.6 is 0 Å². The maximum Gasteiger partial charge on any atom is 0.117 e. The Morgan fingerprint density at radius 3 is 2.50 bits per heavy atom. The zero-order valence-electron chi connectivity index (χ0n) is 19.3. The summed E-state index contributed by atoms with van der Waals surface area (Å²) in [6.07, 6.45) is 5.39. The molecule has 0 amide bonds. The largest absolute Gasteiger partial charge is 0.508 e. The molecule has 0 bridgehead atoms. The first kappa shape index (κ1) is 23.3. The molecule has 3 heteroatoms. The molecule has 160 valence electrons. The van der Waals surface area contributed by atoms with Gasteiger partial charge in [0.05, 0.1) is 0 Å². The molecule has 0 aromatic heterocycles. The molecular weight excluding hydrogens is 368 g/mol. The normalized spacial score (nSPS) is 12.1. The Bertz CT molecular complexity index is 953. The Hall–Kier alpha value is -2.94. The molecule has 2 aromatic carbocycles. The molecule has 0 saturated carbocycles. The van der Waals surface area contributed by atoms with Crippen molar-refractivity contribution in [1.82, 2.24) is 4.90 Å². The number of aromatic hydroxyl groups is 1. The van der Waals surface area contributed by atoms with Crippen LogP contribution in [0.25, 0.3) is 6.08 Å². The van der Waals surface area contributed by atoms with E-state index in [4.69, 9.17) is 0 Å². The number of nitrogens with one attached hydrogen (secondary N) is 1. The van der Waals surface area contributed by atoms with Crippen molar-refractivity contribution in [3.63, 3.8) is 0 Å². The highest BCUT2D eigenvalue weighted by Gasteiger charge is 2.13. The van der Waals surface area contributed by atoms with Crippen LogP contribution in [0.1, 0.15) is 49.4 Å². The van der Waals surface area contributed by atoms with Crippen LogP contribution in [0.15, 0.2) is 66.0 Å². The third-order valence-corrected chi connectivity index (χ3v) is 5.32. The molecule has 0 aliphatic rings. The molecule has 0 aliphatic carbocycles. The van der Waals surface area contributed by atoms with E-state index in [-0.39, 0.29) is 5.75 Å². The minimum atomic E-state index is 0.255. The smallest absolute Gasteiger partial charge is 0.117 e. The van der Waals surface area contributed by atoms with Crippen molar-refractivity contribution in [2.45, 2.75) is 48.0 Å². The molecule has 2 N–H and O–H groups in total. The summed E-state index contributed by atoms with van der Waals surface area (Å²) >= 11 is 0. The summed E-state index contributed by atoms with van der Waals surface area (Å²) in [6.45, 7) is 18.7. The van der Waals surface area contributed by atoms with Gasteiger partial charge in [-0.2, -0.15) is 0 Å². The lowest BCUT2D eigenvalue weighted by Crippen LogP contribution is -2.30.